The Morgan fingerprint density at radius 2 is 2.04 bits per heavy atom. The fourth-order valence-electron chi connectivity index (χ4n) is 3.62. The summed E-state index contributed by atoms with van der Waals surface area (Å²) in [6.07, 6.45) is 8.22. The van der Waals surface area contributed by atoms with E-state index in [2.05, 4.69) is 9.97 Å². The molecule has 2 aliphatic rings. The molecule has 4 rings (SSSR count). The second-order valence-corrected chi connectivity index (χ2v) is 7.78. The number of fused-ring (bicyclic) bond motifs is 1. The zero-order valence-corrected chi connectivity index (χ0v) is 14.3. The molecule has 1 saturated heterocycles. The van der Waals surface area contributed by atoms with Crippen molar-refractivity contribution in [3.8, 4) is 0 Å². The van der Waals surface area contributed by atoms with Crippen LogP contribution in [-0.4, -0.2) is 45.1 Å². The predicted octanol–water partition coefficient (Wildman–Crippen LogP) is 2.09. The zero-order valence-electron chi connectivity index (χ0n) is 13.5. The van der Waals surface area contributed by atoms with E-state index in [9.17, 15) is 9.90 Å². The van der Waals surface area contributed by atoms with Crippen LogP contribution in [0.4, 0.5) is 0 Å². The molecule has 0 saturated carbocycles. The fraction of sp³-hybridized carbons (Fsp3) is 0.500. The third-order valence-corrected chi connectivity index (χ3v) is 6.11. The Balaban J connectivity index is 1.45. The van der Waals surface area contributed by atoms with Crippen molar-refractivity contribution in [2.45, 2.75) is 38.2 Å². The van der Waals surface area contributed by atoms with Crippen LogP contribution in [-0.2, 0) is 19.3 Å². The number of aliphatic hydroxyl groups is 1. The highest BCUT2D eigenvalue weighted by molar-refractivity contribution is 7.13. The van der Waals surface area contributed by atoms with Gasteiger partial charge in [0.25, 0.3) is 5.91 Å². The van der Waals surface area contributed by atoms with Gasteiger partial charge in [-0.25, -0.2) is 4.98 Å². The van der Waals surface area contributed by atoms with Gasteiger partial charge in [0.15, 0.2) is 5.01 Å². The van der Waals surface area contributed by atoms with Crippen LogP contribution in [0.3, 0.4) is 0 Å². The minimum Gasteiger partial charge on any atom is -0.391 e. The topological polar surface area (TPSA) is 66.3 Å². The van der Waals surface area contributed by atoms with Gasteiger partial charge in [-0.2, -0.15) is 0 Å². The first-order valence-corrected chi connectivity index (χ1v) is 9.37. The Morgan fingerprint density at radius 3 is 2.83 bits per heavy atom. The summed E-state index contributed by atoms with van der Waals surface area (Å²) in [5, 5.41) is 10.9. The molecule has 2 aromatic rings. The second kappa shape index (κ2) is 6.61. The lowest BCUT2D eigenvalue weighted by Crippen LogP contribution is -2.29. The van der Waals surface area contributed by atoms with E-state index in [0.29, 0.717) is 18.1 Å². The summed E-state index contributed by atoms with van der Waals surface area (Å²) >= 11 is 1.54. The minimum atomic E-state index is -0.475. The van der Waals surface area contributed by atoms with Gasteiger partial charge in [-0.3, -0.25) is 9.78 Å². The van der Waals surface area contributed by atoms with Crippen LogP contribution >= 0.6 is 11.3 Å². The number of carbonyl (C=O) groups is 1. The Hall–Kier alpha value is -1.79. The molecule has 6 heteroatoms. The highest BCUT2D eigenvalue weighted by Crippen LogP contribution is 2.29. The van der Waals surface area contributed by atoms with E-state index >= 15 is 0 Å². The highest BCUT2D eigenvalue weighted by atomic mass is 32.1. The lowest BCUT2D eigenvalue weighted by Gasteiger charge is -2.14. The maximum atomic E-state index is 12.8. The number of hydrogen-bond donors (Lipinski definition) is 1. The maximum absolute atomic E-state index is 12.8. The number of carbonyl (C=O) groups excluding carboxylic acids is 1. The first-order valence-electron chi connectivity index (χ1n) is 8.55. The molecule has 1 aliphatic carbocycles. The molecule has 1 aliphatic heterocycles. The average Bonchev–Trinajstić information content (AvgIpc) is 3.19. The van der Waals surface area contributed by atoms with Crippen molar-refractivity contribution in [3.05, 3.63) is 45.7 Å². The van der Waals surface area contributed by atoms with Gasteiger partial charge in [-0.05, 0) is 49.8 Å². The Morgan fingerprint density at radius 1 is 1.25 bits per heavy atom. The number of aliphatic hydroxyl groups excluding tert-OH is 1. The first-order chi connectivity index (χ1) is 11.7. The van der Waals surface area contributed by atoms with Crippen molar-refractivity contribution in [3.63, 3.8) is 0 Å². The molecule has 0 spiro atoms. The maximum Gasteiger partial charge on any atom is 0.282 e. The molecule has 2 atom stereocenters. The molecule has 5 nitrogen and oxygen atoms in total. The van der Waals surface area contributed by atoms with Crippen LogP contribution < -0.4 is 0 Å². The Labute approximate surface area is 145 Å². The summed E-state index contributed by atoms with van der Waals surface area (Å²) in [5.41, 5.74) is 2.26. The number of β-amino-alcohol motifs (C(OH)–C–C–N with tert-alkyl or cyclic N) is 1. The van der Waals surface area contributed by atoms with Crippen molar-refractivity contribution >= 4 is 17.2 Å². The number of aromatic nitrogens is 2. The van der Waals surface area contributed by atoms with Crippen molar-refractivity contribution in [2.75, 3.05) is 13.1 Å². The quantitative estimate of drug-likeness (QED) is 0.927. The zero-order chi connectivity index (χ0) is 16.5. The van der Waals surface area contributed by atoms with Crippen molar-refractivity contribution in [1.29, 1.82) is 0 Å². The van der Waals surface area contributed by atoms with Crippen LogP contribution in [0.15, 0.2) is 24.5 Å². The first kappa shape index (κ1) is 15.7. The van der Waals surface area contributed by atoms with E-state index in [1.807, 2.05) is 12.1 Å². The normalized spacial score (nSPS) is 23.3. The largest absolute Gasteiger partial charge is 0.391 e. The van der Waals surface area contributed by atoms with E-state index < -0.39 is 6.10 Å². The molecule has 1 N–H and O–H groups in total. The van der Waals surface area contributed by atoms with Crippen molar-refractivity contribution in [2.24, 2.45) is 5.92 Å². The molecule has 0 bridgehead atoms. The molecule has 0 radical (unpaired) electrons. The lowest BCUT2D eigenvalue weighted by atomic mass is 9.97. The average molecular weight is 343 g/mol. The number of hydrogen-bond acceptors (Lipinski definition) is 5. The van der Waals surface area contributed by atoms with Gasteiger partial charge < -0.3 is 10.0 Å². The molecular formula is C18H21N3O2S. The van der Waals surface area contributed by atoms with Crippen LogP contribution in [0.2, 0.25) is 0 Å². The van der Waals surface area contributed by atoms with E-state index in [1.54, 1.807) is 28.6 Å². The second-order valence-electron chi connectivity index (χ2n) is 6.69. The molecule has 0 aromatic carbocycles. The number of likely N-dealkylation sites (tertiary alicyclic amines) is 1. The number of aryl methyl sites for hydroxylation is 2. The molecular weight excluding hydrogens is 322 g/mol. The van der Waals surface area contributed by atoms with Crippen LogP contribution in [0.25, 0.3) is 0 Å². The summed E-state index contributed by atoms with van der Waals surface area (Å²) in [4.78, 5) is 24.4. The third kappa shape index (κ3) is 3.08. The van der Waals surface area contributed by atoms with Gasteiger partial charge in [-0.1, -0.05) is 0 Å². The smallest absolute Gasteiger partial charge is 0.282 e. The molecule has 0 unspecified atom stereocenters. The van der Waals surface area contributed by atoms with Crippen molar-refractivity contribution in [1.82, 2.24) is 14.9 Å². The Bertz CT molecular complexity index is 708. The van der Waals surface area contributed by atoms with E-state index in [4.69, 9.17) is 0 Å². The molecule has 2 aromatic heterocycles. The van der Waals surface area contributed by atoms with E-state index in [1.165, 1.54) is 17.7 Å². The number of pyridine rings is 1. The molecule has 24 heavy (non-hydrogen) atoms. The Kier molecular flexibility index (Phi) is 4.33. The van der Waals surface area contributed by atoms with Gasteiger partial charge in [0.2, 0.25) is 0 Å². The van der Waals surface area contributed by atoms with Gasteiger partial charge in [-0.15, -0.1) is 11.3 Å². The van der Waals surface area contributed by atoms with Gasteiger partial charge >= 0.3 is 0 Å². The molecule has 1 amide bonds. The van der Waals surface area contributed by atoms with Gasteiger partial charge in [0, 0.05) is 36.3 Å². The van der Waals surface area contributed by atoms with E-state index in [0.717, 1.165) is 30.5 Å². The van der Waals surface area contributed by atoms with Crippen LogP contribution in [0, 0.1) is 5.92 Å². The number of nitrogens with zero attached hydrogens (tertiary/aromatic N) is 3. The third-order valence-electron chi connectivity index (χ3n) is 4.97. The summed E-state index contributed by atoms with van der Waals surface area (Å²) in [6, 6.07) is 3.93. The summed E-state index contributed by atoms with van der Waals surface area (Å²) in [7, 11) is 0. The van der Waals surface area contributed by atoms with Crippen LogP contribution in [0.5, 0.6) is 0 Å². The minimum absolute atomic E-state index is 0.0225. The van der Waals surface area contributed by atoms with Crippen LogP contribution in [0.1, 0.15) is 38.8 Å². The standard InChI is InChI=1S/C18H21N3O2S/c22-15-11-21(10-13(15)9-12-5-7-19-8-6-12)18(23)17-20-14-3-1-2-4-16(14)24-17/h5-8,13,15,22H,1-4,9-11H2/t13-,15-/m1/s1. The number of thiazole rings is 1. The number of amides is 1. The van der Waals surface area contributed by atoms with Gasteiger partial charge in [0.05, 0.1) is 11.8 Å². The SMILES string of the molecule is O=C(c1nc2c(s1)CCCC2)N1C[C@@H](Cc2ccncc2)[C@H](O)C1. The fourth-order valence-corrected chi connectivity index (χ4v) is 4.74. The van der Waals surface area contributed by atoms with E-state index in [-0.39, 0.29) is 11.8 Å². The summed E-state index contributed by atoms with van der Waals surface area (Å²) in [6.45, 7) is 0.991. The highest BCUT2D eigenvalue weighted by Gasteiger charge is 2.35. The molecule has 3 heterocycles. The number of rotatable bonds is 3. The summed E-state index contributed by atoms with van der Waals surface area (Å²) in [5.74, 6) is 0.0524. The monoisotopic (exact) mass is 343 g/mol. The van der Waals surface area contributed by atoms with Crippen molar-refractivity contribution < 1.29 is 9.90 Å². The summed E-state index contributed by atoms with van der Waals surface area (Å²) < 4.78 is 0. The predicted molar refractivity (Wildman–Crippen MR) is 92.1 cm³/mol. The molecule has 126 valence electrons. The molecule has 1 fully saturated rings. The van der Waals surface area contributed by atoms with Gasteiger partial charge in [0.1, 0.15) is 0 Å². The lowest BCUT2D eigenvalue weighted by molar-refractivity contribution is 0.0764.